The van der Waals surface area contributed by atoms with Crippen molar-refractivity contribution >= 4 is 29.9 Å². The van der Waals surface area contributed by atoms with Crippen molar-refractivity contribution < 1.29 is 0 Å². The lowest BCUT2D eigenvalue weighted by atomic mass is 10.0. The molecule has 0 rings (SSSR count). The topological polar surface area (TPSA) is 36.4 Å². The van der Waals surface area contributed by atoms with E-state index in [-0.39, 0.29) is 24.0 Å². The van der Waals surface area contributed by atoms with Gasteiger partial charge in [0.25, 0.3) is 0 Å². The van der Waals surface area contributed by atoms with E-state index in [1.165, 1.54) is 19.3 Å². The Kier molecular flexibility index (Phi) is 14.2. The molecule has 0 aliphatic rings. The van der Waals surface area contributed by atoms with Gasteiger partial charge in [-0.1, -0.05) is 33.6 Å². The number of guanidine groups is 1. The number of aliphatic imine (C=N–C) groups is 1. The van der Waals surface area contributed by atoms with Crippen molar-refractivity contribution in [1.29, 1.82) is 0 Å². The minimum atomic E-state index is 0. The Hall–Kier alpha value is 0. The molecule has 0 aromatic heterocycles. The van der Waals surface area contributed by atoms with Crippen LogP contribution in [-0.4, -0.2) is 25.6 Å². The molecule has 1 atom stereocenters. The SMILES string of the molecule is CCCNC(=NC)NC(C)CCCC(C)C.I. The van der Waals surface area contributed by atoms with Gasteiger partial charge >= 0.3 is 0 Å². The van der Waals surface area contributed by atoms with Crippen molar-refractivity contribution in [1.82, 2.24) is 10.6 Å². The van der Waals surface area contributed by atoms with E-state index in [0.717, 1.165) is 24.8 Å². The summed E-state index contributed by atoms with van der Waals surface area (Å²) < 4.78 is 0. The highest BCUT2D eigenvalue weighted by Gasteiger charge is 2.04. The van der Waals surface area contributed by atoms with Crippen LogP contribution in [0.3, 0.4) is 0 Å². The Labute approximate surface area is 124 Å². The maximum Gasteiger partial charge on any atom is 0.191 e. The summed E-state index contributed by atoms with van der Waals surface area (Å²) in [6.07, 6.45) is 4.94. The fourth-order valence-corrected chi connectivity index (χ4v) is 1.58. The molecule has 0 saturated heterocycles. The Morgan fingerprint density at radius 1 is 1.18 bits per heavy atom. The minimum absolute atomic E-state index is 0. The summed E-state index contributed by atoms with van der Waals surface area (Å²) in [7, 11) is 1.83. The van der Waals surface area contributed by atoms with Crippen LogP contribution in [0.15, 0.2) is 4.99 Å². The summed E-state index contributed by atoms with van der Waals surface area (Å²) in [4.78, 5) is 4.20. The van der Waals surface area contributed by atoms with E-state index in [9.17, 15) is 0 Å². The van der Waals surface area contributed by atoms with Crippen molar-refractivity contribution in [3.63, 3.8) is 0 Å². The molecule has 2 N–H and O–H groups in total. The fraction of sp³-hybridized carbons (Fsp3) is 0.923. The second-order valence-corrected chi connectivity index (χ2v) is 4.87. The molecule has 0 spiro atoms. The summed E-state index contributed by atoms with van der Waals surface area (Å²) in [5.74, 6) is 1.74. The summed E-state index contributed by atoms with van der Waals surface area (Å²) in [5, 5.41) is 6.70. The lowest BCUT2D eigenvalue weighted by molar-refractivity contribution is 0.491. The van der Waals surface area contributed by atoms with Crippen LogP contribution in [0.25, 0.3) is 0 Å². The van der Waals surface area contributed by atoms with Gasteiger partial charge < -0.3 is 10.6 Å². The molecule has 0 saturated carbocycles. The van der Waals surface area contributed by atoms with Crippen molar-refractivity contribution in [3.8, 4) is 0 Å². The Balaban J connectivity index is 0. The first-order valence-corrected chi connectivity index (χ1v) is 6.57. The van der Waals surface area contributed by atoms with Gasteiger partial charge in [-0.3, -0.25) is 4.99 Å². The zero-order valence-electron chi connectivity index (χ0n) is 12.0. The van der Waals surface area contributed by atoms with Crippen molar-refractivity contribution in [3.05, 3.63) is 0 Å². The smallest absolute Gasteiger partial charge is 0.191 e. The van der Waals surface area contributed by atoms with Crippen LogP contribution in [0.5, 0.6) is 0 Å². The van der Waals surface area contributed by atoms with Gasteiger partial charge in [-0.25, -0.2) is 0 Å². The lowest BCUT2D eigenvalue weighted by Gasteiger charge is -2.18. The standard InChI is InChI=1S/C13H29N3.HI/c1-6-10-15-13(14-5)16-12(4)9-7-8-11(2)3;/h11-12H,6-10H2,1-5H3,(H2,14,15,16);1H. The van der Waals surface area contributed by atoms with Crippen LogP contribution < -0.4 is 10.6 Å². The molecule has 0 heterocycles. The van der Waals surface area contributed by atoms with Crippen molar-refractivity contribution in [2.75, 3.05) is 13.6 Å². The molecule has 0 aliphatic carbocycles. The Bertz CT molecular complexity index is 193. The van der Waals surface area contributed by atoms with Crippen LogP contribution in [-0.2, 0) is 0 Å². The van der Waals surface area contributed by atoms with Gasteiger partial charge in [0.05, 0.1) is 0 Å². The van der Waals surface area contributed by atoms with Gasteiger partial charge in [0.2, 0.25) is 0 Å². The van der Waals surface area contributed by atoms with E-state index in [0.29, 0.717) is 6.04 Å². The number of nitrogens with one attached hydrogen (secondary N) is 2. The van der Waals surface area contributed by atoms with Crippen LogP contribution in [0.1, 0.15) is 53.4 Å². The first kappa shape index (κ1) is 19.3. The third kappa shape index (κ3) is 12.2. The second kappa shape index (κ2) is 12.5. The minimum Gasteiger partial charge on any atom is -0.356 e. The Morgan fingerprint density at radius 2 is 1.82 bits per heavy atom. The number of nitrogens with zero attached hydrogens (tertiary/aromatic N) is 1. The van der Waals surface area contributed by atoms with Crippen molar-refractivity contribution in [2.45, 2.75) is 59.4 Å². The van der Waals surface area contributed by atoms with Crippen LogP contribution >= 0.6 is 24.0 Å². The molecular formula is C13H30IN3. The van der Waals surface area contributed by atoms with E-state index in [1.54, 1.807) is 0 Å². The van der Waals surface area contributed by atoms with Gasteiger partial charge in [0.15, 0.2) is 5.96 Å². The summed E-state index contributed by atoms with van der Waals surface area (Å²) in [6.45, 7) is 9.92. The highest BCUT2D eigenvalue weighted by atomic mass is 127. The predicted octanol–water partition coefficient (Wildman–Crippen LogP) is 3.39. The van der Waals surface area contributed by atoms with E-state index in [2.05, 4.69) is 43.3 Å². The molecule has 1 unspecified atom stereocenters. The monoisotopic (exact) mass is 355 g/mol. The van der Waals surface area contributed by atoms with Crippen LogP contribution in [0, 0.1) is 5.92 Å². The number of hydrogen-bond donors (Lipinski definition) is 2. The summed E-state index contributed by atoms with van der Waals surface area (Å²) in [5.41, 5.74) is 0. The quantitative estimate of drug-likeness (QED) is 0.417. The highest BCUT2D eigenvalue weighted by Crippen LogP contribution is 2.07. The van der Waals surface area contributed by atoms with E-state index >= 15 is 0 Å². The molecule has 0 amide bonds. The largest absolute Gasteiger partial charge is 0.356 e. The molecule has 0 aromatic carbocycles. The molecule has 0 radical (unpaired) electrons. The maximum absolute atomic E-state index is 4.20. The maximum atomic E-state index is 4.20. The van der Waals surface area contributed by atoms with Gasteiger partial charge in [-0.2, -0.15) is 0 Å². The zero-order valence-corrected chi connectivity index (χ0v) is 14.4. The van der Waals surface area contributed by atoms with E-state index in [4.69, 9.17) is 0 Å². The van der Waals surface area contributed by atoms with Crippen molar-refractivity contribution in [2.24, 2.45) is 10.9 Å². The first-order chi connectivity index (χ1) is 7.60. The normalized spacial score (nSPS) is 13.2. The van der Waals surface area contributed by atoms with Crippen LogP contribution in [0.4, 0.5) is 0 Å². The van der Waals surface area contributed by atoms with Gasteiger partial charge in [0.1, 0.15) is 0 Å². The van der Waals surface area contributed by atoms with E-state index in [1.807, 2.05) is 7.05 Å². The average molecular weight is 355 g/mol. The molecule has 17 heavy (non-hydrogen) atoms. The first-order valence-electron chi connectivity index (χ1n) is 6.57. The zero-order chi connectivity index (χ0) is 12.4. The number of halogens is 1. The third-order valence-corrected chi connectivity index (χ3v) is 2.57. The van der Waals surface area contributed by atoms with Gasteiger partial charge in [-0.05, 0) is 25.7 Å². The molecule has 0 fully saturated rings. The van der Waals surface area contributed by atoms with Gasteiger partial charge in [0, 0.05) is 19.6 Å². The third-order valence-electron chi connectivity index (χ3n) is 2.57. The number of hydrogen-bond acceptors (Lipinski definition) is 1. The van der Waals surface area contributed by atoms with E-state index < -0.39 is 0 Å². The summed E-state index contributed by atoms with van der Waals surface area (Å²) >= 11 is 0. The average Bonchev–Trinajstić information content (AvgIpc) is 2.23. The second-order valence-electron chi connectivity index (χ2n) is 4.87. The lowest BCUT2D eigenvalue weighted by Crippen LogP contribution is -2.42. The fourth-order valence-electron chi connectivity index (χ4n) is 1.58. The highest BCUT2D eigenvalue weighted by molar-refractivity contribution is 14.0. The van der Waals surface area contributed by atoms with Gasteiger partial charge in [-0.15, -0.1) is 24.0 Å². The number of rotatable bonds is 7. The Morgan fingerprint density at radius 3 is 2.29 bits per heavy atom. The molecule has 0 bridgehead atoms. The molecule has 3 nitrogen and oxygen atoms in total. The predicted molar refractivity (Wildman–Crippen MR) is 88.4 cm³/mol. The summed E-state index contributed by atoms with van der Waals surface area (Å²) in [6, 6.07) is 0.502. The molecular weight excluding hydrogens is 325 g/mol. The molecule has 104 valence electrons. The van der Waals surface area contributed by atoms with Crippen LogP contribution in [0.2, 0.25) is 0 Å². The molecule has 0 aliphatic heterocycles. The molecule has 4 heteroatoms. The molecule has 0 aromatic rings.